The van der Waals surface area contributed by atoms with Gasteiger partial charge in [0, 0.05) is 12.6 Å². The summed E-state index contributed by atoms with van der Waals surface area (Å²) in [4.78, 5) is 14.1. The summed E-state index contributed by atoms with van der Waals surface area (Å²) in [7, 11) is 0. The standard InChI is InChI=1S/C16H33N3O/c1-5-8-17-14(4)15-6-9-19(10-7-15)12-16(20)18-11-13(2)3/h13-15,17H,5-12H2,1-4H3,(H,18,20). The average molecular weight is 283 g/mol. The Balaban J connectivity index is 2.19. The Kier molecular flexibility index (Phi) is 8.15. The first-order valence-corrected chi connectivity index (χ1v) is 8.25. The average Bonchev–Trinajstić information content (AvgIpc) is 2.43. The zero-order chi connectivity index (χ0) is 15.0. The molecule has 2 N–H and O–H groups in total. The Labute approximate surface area is 124 Å². The highest BCUT2D eigenvalue weighted by Crippen LogP contribution is 2.20. The van der Waals surface area contributed by atoms with Crippen LogP contribution in [0.5, 0.6) is 0 Å². The van der Waals surface area contributed by atoms with Gasteiger partial charge in [0.1, 0.15) is 0 Å². The molecule has 0 bridgehead atoms. The Bertz CT molecular complexity index is 273. The van der Waals surface area contributed by atoms with Gasteiger partial charge in [0.15, 0.2) is 0 Å². The lowest BCUT2D eigenvalue weighted by molar-refractivity contribution is -0.122. The monoisotopic (exact) mass is 283 g/mol. The quantitative estimate of drug-likeness (QED) is 0.714. The Morgan fingerprint density at radius 1 is 1.25 bits per heavy atom. The van der Waals surface area contributed by atoms with Gasteiger partial charge >= 0.3 is 0 Å². The Morgan fingerprint density at radius 2 is 1.90 bits per heavy atom. The van der Waals surface area contributed by atoms with Gasteiger partial charge in [0.25, 0.3) is 0 Å². The summed E-state index contributed by atoms with van der Waals surface area (Å²) in [5.41, 5.74) is 0. The number of carbonyl (C=O) groups is 1. The number of nitrogens with zero attached hydrogens (tertiary/aromatic N) is 1. The van der Waals surface area contributed by atoms with Gasteiger partial charge in [-0.2, -0.15) is 0 Å². The summed E-state index contributed by atoms with van der Waals surface area (Å²) in [5.74, 6) is 1.46. The van der Waals surface area contributed by atoms with Crippen molar-refractivity contribution in [2.24, 2.45) is 11.8 Å². The van der Waals surface area contributed by atoms with E-state index >= 15 is 0 Å². The first-order valence-electron chi connectivity index (χ1n) is 8.25. The van der Waals surface area contributed by atoms with Crippen molar-refractivity contribution < 1.29 is 4.79 Å². The van der Waals surface area contributed by atoms with Crippen molar-refractivity contribution in [3.05, 3.63) is 0 Å². The number of carbonyl (C=O) groups excluding carboxylic acids is 1. The first kappa shape index (κ1) is 17.4. The normalized spacial score (nSPS) is 19.2. The zero-order valence-corrected chi connectivity index (χ0v) is 13.7. The minimum atomic E-state index is 0.175. The van der Waals surface area contributed by atoms with Crippen LogP contribution in [0.25, 0.3) is 0 Å². The van der Waals surface area contributed by atoms with E-state index in [1.54, 1.807) is 0 Å². The van der Waals surface area contributed by atoms with Gasteiger partial charge in [-0.1, -0.05) is 20.8 Å². The predicted molar refractivity (Wildman–Crippen MR) is 84.8 cm³/mol. The molecule has 1 saturated heterocycles. The minimum Gasteiger partial charge on any atom is -0.355 e. The summed E-state index contributed by atoms with van der Waals surface area (Å²) in [6.07, 6.45) is 3.60. The van der Waals surface area contributed by atoms with Gasteiger partial charge in [0.05, 0.1) is 6.54 Å². The summed E-state index contributed by atoms with van der Waals surface area (Å²) in [6.45, 7) is 13.3. The molecule has 0 aromatic heterocycles. The van der Waals surface area contributed by atoms with Crippen molar-refractivity contribution in [1.82, 2.24) is 15.5 Å². The third kappa shape index (κ3) is 6.71. The largest absolute Gasteiger partial charge is 0.355 e. The van der Waals surface area contributed by atoms with Crippen LogP contribution in [0.15, 0.2) is 0 Å². The van der Waals surface area contributed by atoms with Crippen LogP contribution in [0.1, 0.15) is 47.0 Å². The SMILES string of the molecule is CCCNC(C)C1CCN(CC(=O)NCC(C)C)CC1. The number of piperidine rings is 1. The fourth-order valence-corrected chi connectivity index (χ4v) is 2.73. The molecule has 1 unspecified atom stereocenters. The minimum absolute atomic E-state index is 0.175. The molecule has 1 heterocycles. The fraction of sp³-hybridized carbons (Fsp3) is 0.938. The van der Waals surface area contributed by atoms with E-state index in [-0.39, 0.29) is 5.91 Å². The van der Waals surface area contributed by atoms with Gasteiger partial charge in [-0.3, -0.25) is 9.69 Å². The third-order valence-corrected chi connectivity index (χ3v) is 4.13. The molecule has 0 aliphatic carbocycles. The topological polar surface area (TPSA) is 44.4 Å². The van der Waals surface area contributed by atoms with Crippen molar-refractivity contribution >= 4 is 5.91 Å². The number of amides is 1. The molecule has 1 rings (SSSR count). The molecule has 1 aliphatic rings. The molecule has 0 aromatic rings. The maximum atomic E-state index is 11.8. The highest BCUT2D eigenvalue weighted by Gasteiger charge is 2.24. The van der Waals surface area contributed by atoms with Crippen LogP contribution in [0.2, 0.25) is 0 Å². The second-order valence-corrected chi connectivity index (χ2v) is 6.55. The number of rotatable bonds is 8. The molecule has 118 valence electrons. The zero-order valence-electron chi connectivity index (χ0n) is 13.7. The van der Waals surface area contributed by atoms with Crippen molar-refractivity contribution in [2.75, 3.05) is 32.7 Å². The molecule has 1 atom stereocenters. The Hall–Kier alpha value is -0.610. The lowest BCUT2D eigenvalue weighted by Crippen LogP contribution is -2.45. The van der Waals surface area contributed by atoms with Gasteiger partial charge < -0.3 is 10.6 Å². The van der Waals surface area contributed by atoms with Crippen molar-refractivity contribution in [3.8, 4) is 0 Å². The van der Waals surface area contributed by atoms with Crippen molar-refractivity contribution in [2.45, 2.75) is 53.0 Å². The summed E-state index contributed by atoms with van der Waals surface area (Å²) in [6, 6.07) is 0.604. The summed E-state index contributed by atoms with van der Waals surface area (Å²) in [5, 5.41) is 6.59. The number of likely N-dealkylation sites (tertiary alicyclic amines) is 1. The van der Waals surface area contributed by atoms with Gasteiger partial charge in [-0.05, 0) is 57.7 Å². The van der Waals surface area contributed by atoms with Crippen LogP contribution in [0, 0.1) is 11.8 Å². The Morgan fingerprint density at radius 3 is 2.45 bits per heavy atom. The van der Waals surface area contributed by atoms with Crippen LogP contribution < -0.4 is 10.6 Å². The molecule has 1 amide bonds. The first-order chi connectivity index (χ1) is 9.52. The van der Waals surface area contributed by atoms with E-state index in [2.05, 4.69) is 43.2 Å². The third-order valence-electron chi connectivity index (χ3n) is 4.13. The van der Waals surface area contributed by atoms with Crippen LogP contribution >= 0.6 is 0 Å². The van der Waals surface area contributed by atoms with E-state index in [1.807, 2.05) is 0 Å². The lowest BCUT2D eigenvalue weighted by Gasteiger charge is -2.34. The van der Waals surface area contributed by atoms with E-state index in [0.29, 0.717) is 18.5 Å². The molecule has 4 heteroatoms. The van der Waals surface area contributed by atoms with E-state index in [0.717, 1.165) is 32.1 Å². The molecule has 4 nitrogen and oxygen atoms in total. The highest BCUT2D eigenvalue weighted by molar-refractivity contribution is 5.78. The number of hydrogen-bond donors (Lipinski definition) is 2. The highest BCUT2D eigenvalue weighted by atomic mass is 16.2. The van der Waals surface area contributed by atoms with E-state index in [9.17, 15) is 4.79 Å². The van der Waals surface area contributed by atoms with Crippen LogP contribution in [0.3, 0.4) is 0 Å². The molecule has 0 radical (unpaired) electrons. The maximum Gasteiger partial charge on any atom is 0.234 e. The smallest absolute Gasteiger partial charge is 0.234 e. The van der Waals surface area contributed by atoms with Crippen molar-refractivity contribution in [1.29, 1.82) is 0 Å². The molecule has 1 fully saturated rings. The van der Waals surface area contributed by atoms with Crippen LogP contribution in [-0.2, 0) is 4.79 Å². The summed E-state index contributed by atoms with van der Waals surface area (Å²) >= 11 is 0. The van der Waals surface area contributed by atoms with E-state index < -0.39 is 0 Å². The van der Waals surface area contributed by atoms with E-state index in [1.165, 1.54) is 19.3 Å². The lowest BCUT2D eigenvalue weighted by atomic mass is 9.90. The second-order valence-electron chi connectivity index (χ2n) is 6.55. The molecular formula is C16H33N3O. The number of nitrogens with one attached hydrogen (secondary N) is 2. The molecule has 0 spiro atoms. The van der Waals surface area contributed by atoms with E-state index in [4.69, 9.17) is 0 Å². The molecular weight excluding hydrogens is 250 g/mol. The van der Waals surface area contributed by atoms with Crippen LogP contribution in [-0.4, -0.2) is 49.6 Å². The molecule has 1 aliphatic heterocycles. The van der Waals surface area contributed by atoms with Crippen molar-refractivity contribution in [3.63, 3.8) is 0 Å². The second kappa shape index (κ2) is 9.35. The van der Waals surface area contributed by atoms with Gasteiger partial charge in [-0.25, -0.2) is 0 Å². The van der Waals surface area contributed by atoms with Crippen LogP contribution in [0.4, 0.5) is 0 Å². The predicted octanol–water partition coefficient (Wildman–Crippen LogP) is 1.86. The van der Waals surface area contributed by atoms with Gasteiger partial charge in [0.2, 0.25) is 5.91 Å². The summed E-state index contributed by atoms with van der Waals surface area (Å²) < 4.78 is 0. The fourth-order valence-electron chi connectivity index (χ4n) is 2.73. The van der Waals surface area contributed by atoms with Gasteiger partial charge in [-0.15, -0.1) is 0 Å². The number of hydrogen-bond acceptors (Lipinski definition) is 3. The molecule has 20 heavy (non-hydrogen) atoms. The maximum absolute atomic E-state index is 11.8. The molecule has 0 aromatic carbocycles. The molecule has 0 saturated carbocycles.